The minimum Gasteiger partial charge on any atom is -0.469 e. The van der Waals surface area contributed by atoms with Gasteiger partial charge < -0.3 is 15.4 Å². The molecule has 0 amide bonds. The molecule has 0 aromatic carbocycles. The summed E-state index contributed by atoms with van der Waals surface area (Å²) in [7, 11) is 3.09. The number of rotatable bonds is 7. The second-order valence-electron chi connectivity index (χ2n) is 4.43. The van der Waals surface area contributed by atoms with Gasteiger partial charge in [0.05, 0.1) is 13.0 Å². The molecule has 1 aromatic rings. The third-order valence-corrected chi connectivity index (χ3v) is 2.82. The van der Waals surface area contributed by atoms with Gasteiger partial charge in [0.1, 0.15) is 0 Å². The van der Waals surface area contributed by atoms with Crippen LogP contribution in [-0.2, 0) is 16.1 Å². The van der Waals surface area contributed by atoms with Crippen LogP contribution in [0.15, 0.2) is 23.5 Å². The molecule has 1 rings (SSSR count). The number of ether oxygens (including phenoxy) is 1. The first-order chi connectivity index (χ1) is 9.67. The quantitative estimate of drug-likeness (QED) is 0.230. The van der Waals surface area contributed by atoms with Gasteiger partial charge in [-0.05, 0) is 12.5 Å². The average Bonchev–Trinajstić information content (AvgIpc) is 2.98. The summed E-state index contributed by atoms with van der Waals surface area (Å²) in [4.78, 5) is 15.4. The van der Waals surface area contributed by atoms with E-state index in [1.54, 1.807) is 13.2 Å². The zero-order chi connectivity index (χ0) is 14.8. The number of carbonyl (C=O) groups is 1. The Hall–Kier alpha value is -1.32. The molecule has 0 aliphatic heterocycles. The fourth-order valence-corrected chi connectivity index (χ4v) is 1.64. The molecule has 0 spiro atoms. The maximum Gasteiger partial charge on any atom is 0.310 e. The first kappa shape index (κ1) is 19.7. The monoisotopic (exact) mass is 409 g/mol. The van der Waals surface area contributed by atoms with E-state index < -0.39 is 0 Å². The van der Waals surface area contributed by atoms with Gasteiger partial charge in [-0.3, -0.25) is 14.5 Å². The Morgan fingerprint density at radius 3 is 2.81 bits per heavy atom. The van der Waals surface area contributed by atoms with E-state index in [1.807, 2.05) is 23.9 Å². The molecule has 120 valence electrons. The van der Waals surface area contributed by atoms with E-state index in [-0.39, 0.29) is 35.9 Å². The van der Waals surface area contributed by atoms with Crippen molar-refractivity contribution in [3.63, 3.8) is 0 Å². The van der Waals surface area contributed by atoms with Gasteiger partial charge in [-0.15, -0.1) is 24.0 Å². The molecule has 21 heavy (non-hydrogen) atoms. The molecule has 0 saturated carbocycles. The number of hydrogen-bond donors (Lipinski definition) is 2. The van der Waals surface area contributed by atoms with E-state index >= 15 is 0 Å². The van der Waals surface area contributed by atoms with Crippen molar-refractivity contribution in [1.82, 2.24) is 20.4 Å². The second-order valence-corrected chi connectivity index (χ2v) is 4.43. The minimum atomic E-state index is -0.230. The van der Waals surface area contributed by atoms with Crippen molar-refractivity contribution in [2.75, 3.05) is 27.2 Å². The van der Waals surface area contributed by atoms with Crippen LogP contribution in [0, 0.1) is 5.92 Å². The Morgan fingerprint density at radius 1 is 1.48 bits per heavy atom. The van der Waals surface area contributed by atoms with Crippen molar-refractivity contribution in [2.24, 2.45) is 10.9 Å². The van der Waals surface area contributed by atoms with E-state index in [1.165, 1.54) is 7.11 Å². The molecular weight excluding hydrogens is 385 g/mol. The van der Waals surface area contributed by atoms with E-state index in [0.717, 1.165) is 19.5 Å². The van der Waals surface area contributed by atoms with Gasteiger partial charge in [0, 0.05) is 39.1 Å². The number of nitrogens with zero attached hydrogens (tertiary/aromatic N) is 3. The van der Waals surface area contributed by atoms with E-state index in [9.17, 15) is 4.79 Å². The molecule has 0 aliphatic carbocycles. The standard InChI is InChI=1S/C13H23N5O2.HI/c1-11(12(19)20-3)10-16-13(14-2)15-6-4-8-18-9-5-7-17-18;/h5,7,9,11H,4,6,8,10H2,1-3H3,(H2,14,15,16);1H. The van der Waals surface area contributed by atoms with Crippen LogP contribution in [0.3, 0.4) is 0 Å². The van der Waals surface area contributed by atoms with Crippen molar-refractivity contribution >= 4 is 35.9 Å². The van der Waals surface area contributed by atoms with Crippen molar-refractivity contribution in [1.29, 1.82) is 0 Å². The number of aliphatic imine (C=N–C) groups is 1. The number of carbonyl (C=O) groups excluding carboxylic acids is 1. The molecule has 0 fully saturated rings. The summed E-state index contributed by atoms with van der Waals surface area (Å²) in [6, 6.07) is 1.90. The first-order valence-electron chi connectivity index (χ1n) is 6.67. The summed E-state index contributed by atoms with van der Waals surface area (Å²) in [5.74, 6) is 0.246. The Kier molecular flexibility index (Phi) is 10.6. The fraction of sp³-hybridized carbons (Fsp3) is 0.615. The van der Waals surface area contributed by atoms with Gasteiger partial charge in [0.2, 0.25) is 0 Å². The van der Waals surface area contributed by atoms with Crippen LogP contribution in [-0.4, -0.2) is 49.0 Å². The highest BCUT2D eigenvalue weighted by molar-refractivity contribution is 14.0. The van der Waals surface area contributed by atoms with Crippen molar-refractivity contribution in [3.05, 3.63) is 18.5 Å². The number of guanidine groups is 1. The molecular formula is C13H24IN5O2. The van der Waals surface area contributed by atoms with Crippen LogP contribution in [0.5, 0.6) is 0 Å². The van der Waals surface area contributed by atoms with Gasteiger partial charge in [0.15, 0.2) is 5.96 Å². The zero-order valence-corrected chi connectivity index (χ0v) is 15.0. The van der Waals surface area contributed by atoms with Gasteiger partial charge in [0.25, 0.3) is 0 Å². The lowest BCUT2D eigenvalue weighted by Gasteiger charge is -2.14. The molecule has 8 heteroatoms. The molecule has 0 saturated heterocycles. The Labute approximate surface area is 142 Å². The number of methoxy groups -OCH3 is 1. The fourth-order valence-electron chi connectivity index (χ4n) is 1.64. The van der Waals surface area contributed by atoms with Gasteiger partial charge in [-0.2, -0.15) is 5.10 Å². The highest BCUT2D eigenvalue weighted by Crippen LogP contribution is 1.95. The molecule has 0 aliphatic rings. The van der Waals surface area contributed by atoms with Crippen molar-refractivity contribution in [2.45, 2.75) is 19.9 Å². The Bertz CT molecular complexity index is 422. The third kappa shape index (κ3) is 7.88. The number of hydrogen-bond acceptors (Lipinski definition) is 4. The SMILES string of the molecule is CN=C(NCCCn1cccn1)NCC(C)C(=O)OC.I. The van der Waals surface area contributed by atoms with E-state index in [2.05, 4.69) is 25.5 Å². The number of esters is 1. The normalized spacial score (nSPS) is 12.2. The predicted octanol–water partition coefficient (Wildman–Crippen LogP) is 0.865. The summed E-state index contributed by atoms with van der Waals surface area (Å²) in [6.45, 7) is 3.94. The second kappa shape index (κ2) is 11.4. The van der Waals surface area contributed by atoms with Crippen LogP contribution < -0.4 is 10.6 Å². The number of nitrogens with one attached hydrogen (secondary N) is 2. The number of halogens is 1. The molecule has 7 nitrogen and oxygen atoms in total. The average molecular weight is 409 g/mol. The Morgan fingerprint density at radius 2 is 2.24 bits per heavy atom. The lowest BCUT2D eigenvalue weighted by atomic mass is 10.2. The summed E-state index contributed by atoms with van der Waals surface area (Å²) < 4.78 is 6.55. The number of aromatic nitrogens is 2. The maximum absolute atomic E-state index is 11.3. The van der Waals surface area contributed by atoms with Crippen molar-refractivity contribution in [3.8, 4) is 0 Å². The molecule has 1 atom stereocenters. The smallest absolute Gasteiger partial charge is 0.310 e. The van der Waals surface area contributed by atoms with E-state index in [4.69, 9.17) is 0 Å². The summed E-state index contributed by atoms with van der Waals surface area (Å²) >= 11 is 0. The lowest BCUT2D eigenvalue weighted by Crippen LogP contribution is -2.41. The topological polar surface area (TPSA) is 80.5 Å². The zero-order valence-electron chi connectivity index (χ0n) is 12.7. The van der Waals surface area contributed by atoms with Crippen LogP contribution >= 0.6 is 24.0 Å². The predicted molar refractivity (Wildman–Crippen MR) is 92.8 cm³/mol. The Balaban J connectivity index is 0.00000400. The van der Waals surface area contributed by atoms with E-state index in [0.29, 0.717) is 12.5 Å². The summed E-state index contributed by atoms with van der Waals surface area (Å²) in [5, 5.41) is 10.4. The van der Waals surface area contributed by atoms with Gasteiger partial charge in [-0.25, -0.2) is 0 Å². The van der Waals surface area contributed by atoms with Gasteiger partial charge in [-0.1, -0.05) is 6.92 Å². The van der Waals surface area contributed by atoms with Crippen LogP contribution in [0.25, 0.3) is 0 Å². The molecule has 1 unspecified atom stereocenters. The minimum absolute atomic E-state index is 0. The highest BCUT2D eigenvalue weighted by Gasteiger charge is 2.12. The van der Waals surface area contributed by atoms with Crippen LogP contribution in [0.4, 0.5) is 0 Å². The van der Waals surface area contributed by atoms with Gasteiger partial charge >= 0.3 is 5.97 Å². The lowest BCUT2D eigenvalue weighted by molar-refractivity contribution is -0.144. The molecule has 1 aromatic heterocycles. The van der Waals surface area contributed by atoms with Crippen LogP contribution in [0.1, 0.15) is 13.3 Å². The largest absolute Gasteiger partial charge is 0.469 e. The molecule has 2 N–H and O–H groups in total. The molecule has 1 heterocycles. The summed E-state index contributed by atoms with van der Waals surface area (Å²) in [6.07, 6.45) is 4.64. The van der Waals surface area contributed by atoms with Crippen molar-refractivity contribution < 1.29 is 9.53 Å². The number of aryl methyl sites for hydroxylation is 1. The maximum atomic E-state index is 11.3. The van der Waals surface area contributed by atoms with Crippen LogP contribution in [0.2, 0.25) is 0 Å². The third-order valence-electron chi connectivity index (χ3n) is 2.82. The molecule has 0 bridgehead atoms. The first-order valence-corrected chi connectivity index (χ1v) is 6.67. The summed E-state index contributed by atoms with van der Waals surface area (Å²) in [5.41, 5.74) is 0. The molecule has 0 radical (unpaired) electrons. The highest BCUT2D eigenvalue weighted by atomic mass is 127.